The van der Waals surface area contributed by atoms with Gasteiger partial charge in [0.1, 0.15) is 5.82 Å². The van der Waals surface area contributed by atoms with Crippen molar-refractivity contribution in [2.24, 2.45) is 0 Å². The number of carbonyl (C=O) groups excluding carboxylic acids is 2. The van der Waals surface area contributed by atoms with E-state index in [1.54, 1.807) is 36.4 Å². The molecular formula is C22H20ClN5O3. The molecule has 1 aromatic heterocycles. The first-order valence-electron chi connectivity index (χ1n) is 9.79. The summed E-state index contributed by atoms with van der Waals surface area (Å²) in [4.78, 5) is 44.8. The van der Waals surface area contributed by atoms with Crippen molar-refractivity contribution in [1.82, 2.24) is 9.97 Å². The Balaban J connectivity index is 1.61. The first kappa shape index (κ1) is 20.6. The monoisotopic (exact) mass is 437 g/mol. The van der Waals surface area contributed by atoms with Crippen LogP contribution < -0.4 is 21.5 Å². The van der Waals surface area contributed by atoms with Crippen molar-refractivity contribution in [3.8, 4) is 0 Å². The number of hydrogen-bond acceptors (Lipinski definition) is 5. The highest BCUT2D eigenvalue weighted by Gasteiger charge is 2.34. The van der Waals surface area contributed by atoms with Crippen LogP contribution in [-0.2, 0) is 16.0 Å². The first-order valence-corrected chi connectivity index (χ1v) is 10.2. The van der Waals surface area contributed by atoms with E-state index in [2.05, 4.69) is 25.9 Å². The minimum Gasteiger partial charge on any atom is -0.326 e. The summed E-state index contributed by atoms with van der Waals surface area (Å²) in [6.45, 7) is 2.04. The molecule has 2 aromatic carbocycles. The van der Waals surface area contributed by atoms with E-state index in [1.807, 2.05) is 19.1 Å². The lowest BCUT2D eigenvalue weighted by molar-refractivity contribution is -0.123. The topological polar surface area (TPSA) is 116 Å². The van der Waals surface area contributed by atoms with E-state index in [0.717, 1.165) is 12.0 Å². The molecule has 1 atom stereocenters. The number of fused-ring (bicyclic) bond motifs is 1. The lowest BCUT2D eigenvalue weighted by Crippen LogP contribution is -2.36. The Hall–Kier alpha value is -3.65. The van der Waals surface area contributed by atoms with Crippen molar-refractivity contribution in [3.05, 3.63) is 75.0 Å². The summed E-state index contributed by atoms with van der Waals surface area (Å²) in [6.07, 6.45) is 0.745. The standard InChI is InChI=1S/C22H20ClN5O3/c1-2-12-6-8-14(9-7-12)24-20(30)16-11-17(29)26-19-18(16)21(31)28-22(27-19)25-15-5-3-4-13(23)10-15/h3-10,16H,2,11H2,1H3,(H,24,30)(H3,25,26,27,28,29,31)/t16-/m1/s1. The Morgan fingerprint density at radius 1 is 1.16 bits per heavy atom. The van der Waals surface area contributed by atoms with Crippen LogP contribution in [0, 0.1) is 0 Å². The van der Waals surface area contributed by atoms with Crippen LogP contribution in [0.25, 0.3) is 0 Å². The van der Waals surface area contributed by atoms with Gasteiger partial charge in [0, 0.05) is 22.8 Å². The van der Waals surface area contributed by atoms with Gasteiger partial charge in [-0.05, 0) is 42.3 Å². The Bertz CT molecular complexity index is 1210. The molecule has 0 radical (unpaired) electrons. The number of halogens is 1. The molecule has 0 saturated heterocycles. The number of nitrogens with zero attached hydrogens (tertiary/aromatic N) is 1. The van der Waals surface area contributed by atoms with Crippen LogP contribution >= 0.6 is 11.6 Å². The highest BCUT2D eigenvalue weighted by molar-refractivity contribution is 6.30. The number of aryl methyl sites for hydroxylation is 1. The average Bonchev–Trinajstić information content (AvgIpc) is 2.73. The first-order chi connectivity index (χ1) is 14.9. The molecule has 1 aliphatic rings. The van der Waals surface area contributed by atoms with Gasteiger partial charge in [-0.25, -0.2) is 0 Å². The zero-order chi connectivity index (χ0) is 22.0. The molecule has 1 aliphatic heterocycles. The van der Waals surface area contributed by atoms with Gasteiger partial charge in [-0.2, -0.15) is 4.98 Å². The van der Waals surface area contributed by atoms with Gasteiger partial charge in [-0.1, -0.05) is 36.7 Å². The Labute approximate surface area is 183 Å². The molecule has 0 saturated carbocycles. The smallest absolute Gasteiger partial charge is 0.258 e. The molecule has 9 heteroatoms. The quantitative estimate of drug-likeness (QED) is 0.484. The Morgan fingerprint density at radius 2 is 1.94 bits per heavy atom. The van der Waals surface area contributed by atoms with Gasteiger partial charge in [-0.3, -0.25) is 19.4 Å². The van der Waals surface area contributed by atoms with E-state index in [-0.39, 0.29) is 29.7 Å². The lowest BCUT2D eigenvalue weighted by atomic mass is 9.92. The van der Waals surface area contributed by atoms with Gasteiger partial charge < -0.3 is 16.0 Å². The summed E-state index contributed by atoms with van der Waals surface area (Å²) < 4.78 is 0. The van der Waals surface area contributed by atoms with Gasteiger partial charge in [0.15, 0.2) is 0 Å². The summed E-state index contributed by atoms with van der Waals surface area (Å²) in [5.74, 6) is -1.59. The van der Waals surface area contributed by atoms with Crippen LogP contribution in [0.5, 0.6) is 0 Å². The van der Waals surface area contributed by atoms with Crippen LogP contribution in [0.15, 0.2) is 53.3 Å². The molecule has 2 heterocycles. The predicted octanol–water partition coefficient (Wildman–Crippen LogP) is 3.79. The van der Waals surface area contributed by atoms with Crippen LogP contribution in [0.2, 0.25) is 5.02 Å². The average molecular weight is 438 g/mol. The van der Waals surface area contributed by atoms with Gasteiger partial charge in [0.2, 0.25) is 17.8 Å². The molecule has 8 nitrogen and oxygen atoms in total. The molecule has 0 bridgehead atoms. The van der Waals surface area contributed by atoms with Crippen LogP contribution in [0.1, 0.15) is 30.4 Å². The minimum absolute atomic E-state index is 0.0611. The summed E-state index contributed by atoms with van der Waals surface area (Å²) >= 11 is 5.98. The van der Waals surface area contributed by atoms with Gasteiger partial charge in [0.25, 0.3) is 5.56 Å². The number of hydrogen-bond donors (Lipinski definition) is 4. The third-order valence-electron chi connectivity index (χ3n) is 4.98. The Kier molecular flexibility index (Phi) is 5.73. The Morgan fingerprint density at radius 3 is 2.65 bits per heavy atom. The van der Waals surface area contributed by atoms with Gasteiger partial charge >= 0.3 is 0 Å². The SMILES string of the molecule is CCc1ccc(NC(=O)[C@@H]2CC(=O)Nc3nc(Nc4cccc(Cl)c4)[nH]c(=O)c32)cc1. The second-order valence-electron chi connectivity index (χ2n) is 7.16. The highest BCUT2D eigenvalue weighted by Crippen LogP contribution is 2.30. The fourth-order valence-corrected chi connectivity index (χ4v) is 3.60. The molecule has 4 N–H and O–H groups in total. The third-order valence-corrected chi connectivity index (χ3v) is 5.22. The zero-order valence-electron chi connectivity index (χ0n) is 16.7. The summed E-state index contributed by atoms with van der Waals surface area (Å²) in [6, 6.07) is 14.3. The third kappa shape index (κ3) is 4.59. The summed E-state index contributed by atoms with van der Waals surface area (Å²) in [5.41, 5.74) is 1.97. The van der Waals surface area contributed by atoms with Crippen molar-refractivity contribution in [3.63, 3.8) is 0 Å². The highest BCUT2D eigenvalue weighted by atomic mass is 35.5. The van der Waals surface area contributed by atoms with Crippen molar-refractivity contribution >= 4 is 46.6 Å². The minimum atomic E-state index is -0.953. The molecule has 31 heavy (non-hydrogen) atoms. The number of amides is 2. The number of aromatic amines is 1. The van der Waals surface area contributed by atoms with E-state index in [9.17, 15) is 14.4 Å². The van der Waals surface area contributed by atoms with Crippen molar-refractivity contribution in [1.29, 1.82) is 0 Å². The number of nitrogens with one attached hydrogen (secondary N) is 4. The number of H-pyrrole nitrogens is 1. The van der Waals surface area contributed by atoms with E-state index in [0.29, 0.717) is 16.4 Å². The molecule has 0 aliphatic carbocycles. The maximum Gasteiger partial charge on any atom is 0.258 e. The number of aromatic nitrogens is 2. The maximum absolute atomic E-state index is 12.9. The van der Waals surface area contributed by atoms with Gasteiger partial charge in [-0.15, -0.1) is 0 Å². The predicted molar refractivity (Wildman–Crippen MR) is 120 cm³/mol. The maximum atomic E-state index is 12.9. The number of carbonyl (C=O) groups is 2. The normalized spacial score (nSPS) is 15.0. The molecule has 0 unspecified atom stereocenters. The van der Waals surface area contributed by atoms with E-state index < -0.39 is 17.4 Å². The van der Waals surface area contributed by atoms with Crippen molar-refractivity contribution < 1.29 is 9.59 Å². The van der Waals surface area contributed by atoms with Crippen LogP contribution in [0.4, 0.5) is 23.1 Å². The van der Waals surface area contributed by atoms with Crippen molar-refractivity contribution in [2.45, 2.75) is 25.7 Å². The van der Waals surface area contributed by atoms with E-state index in [1.165, 1.54) is 0 Å². The zero-order valence-corrected chi connectivity index (χ0v) is 17.4. The van der Waals surface area contributed by atoms with Crippen molar-refractivity contribution in [2.75, 3.05) is 16.0 Å². The second kappa shape index (κ2) is 8.61. The molecule has 2 amide bonds. The summed E-state index contributed by atoms with van der Waals surface area (Å²) in [5, 5.41) is 8.83. The van der Waals surface area contributed by atoms with Crippen LogP contribution in [0.3, 0.4) is 0 Å². The number of rotatable bonds is 5. The molecule has 158 valence electrons. The summed E-state index contributed by atoms with van der Waals surface area (Å²) in [7, 11) is 0. The number of benzene rings is 2. The largest absolute Gasteiger partial charge is 0.326 e. The molecule has 4 rings (SSSR count). The molecule has 3 aromatic rings. The number of anilines is 4. The van der Waals surface area contributed by atoms with E-state index in [4.69, 9.17) is 11.6 Å². The molecule has 0 fully saturated rings. The second-order valence-corrected chi connectivity index (χ2v) is 7.59. The van der Waals surface area contributed by atoms with Crippen LogP contribution in [-0.4, -0.2) is 21.8 Å². The fourth-order valence-electron chi connectivity index (χ4n) is 3.41. The molecule has 0 spiro atoms. The lowest BCUT2D eigenvalue weighted by Gasteiger charge is -2.23. The molecular weight excluding hydrogens is 418 g/mol. The van der Waals surface area contributed by atoms with Gasteiger partial charge in [0.05, 0.1) is 11.5 Å². The fraction of sp³-hybridized carbons (Fsp3) is 0.182. The van der Waals surface area contributed by atoms with E-state index >= 15 is 0 Å².